The van der Waals surface area contributed by atoms with E-state index in [1.807, 2.05) is 6.92 Å². The van der Waals surface area contributed by atoms with Gasteiger partial charge in [0.25, 0.3) is 0 Å². The van der Waals surface area contributed by atoms with Crippen molar-refractivity contribution in [2.75, 3.05) is 5.32 Å². The van der Waals surface area contributed by atoms with Crippen molar-refractivity contribution >= 4 is 28.5 Å². The van der Waals surface area contributed by atoms with Crippen LogP contribution in [0, 0.1) is 11.7 Å². The lowest BCUT2D eigenvalue weighted by molar-refractivity contribution is 0.0669. The number of aliphatic hydroxyl groups excluding tert-OH is 1. The molecular formula is C18H19ClFN5O. The van der Waals surface area contributed by atoms with Crippen molar-refractivity contribution in [3.63, 3.8) is 0 Å². The molecule has 3 aromatic rings. The molecule has 1 fully saturated rings. The fraction of sp³-hybridized carbons (Fsp3) is 0.389. The number of fused-ring (bicyclic) bond motifs is 1. The molecule has 3 N–H and O–H groups in total. The number of aromatic amines is 1. The Bertz CT molecular complexity index is 946. The molecule has 3 atom stereocenters. The van der Waals surface area contributed by atoms with Gasteiger partial charge >= 0.3 is 0 Å². The molecule has 3 unspecified atom stereocenters. The zero-order chi connectivity index (χ0) is 18.3. The summed E-state index contributed by atoms with van der Waals surface area (Å²) in [5.74, 6) is 0.0858. The van der Waals surface area contributed by atoms with Crippen LogP contribution < -0.4 is 5.32 Å². The van der Waals surface area contributed by atoms with E-state index in [4.69, 9.17) is 11.6 Å². The van der Waals surface area contributed by atoms with Crippen molar-refractivity contribution in [1.82, 2.24) is 19.9 Å². The second-order valence-corrected chi connectivity index (χ2v) is 7.23. The predicted octanol–water partition coefficient (Wildman–Crippen LogP) is 3.77. The molecule has 6 nitrogen and oxygen atoms in total. The third kappa shape index (κ3) is 3.12. The summed E-state index contributed by atoms with van der Waals surface area (Å²) in [6.07, 6.45) is 6.62. The number of aliphatic hydroxyl groups is 1. The largest absolute Gasteiger partial charge is 0.391 e. The van der Waals surface area contributed by atoms with Gasteiger partial charge in [-0.1, -0.05) is 24.9 Å². The van der Waals surface area contributed by atoms with Crippen LogP contribution in [0.2, 0.25) is 5.02 Å². The summed E-state index contributed by atoms with van der Waals surface area (Å²) in [7, 11) is 0. The van der Waals surface area contributed by atoms with Crippen LogP contribution in [0.15, 0.2) is 24.7 Å². The molecule has 0 aliphatic heterocycles. The lowest BCUT2D eigenvalue weighted by Gasteiger charge is -2.33. The molecular weight excluding hydrogens is 357 g/mol. The Labute approximate surface area is 154 Å². The molecule has 0 radical (unpaired) electrons. The fourth-order valence-corrected chi connectivity index (χ4v) is 3.65. The lowest BCUT2D eigenvalue weighted by Crippen LogP contribution is -2.41. The SMILES string of the molecule is CC1CCCC(Nc2nc(-c3c[nH]c4ncc(Cl)cc34)ncc2F)C1O. The number of aromatic nitrogens is 4. The first kappa shape index (κ1) is 17.2. The van der Waals surface area contributed by atoms with E-state index in [1.54, 1.807) is 18.5 Å². The first-order chi connectivity index (χ1) is 12.5. The number of rotatable bonds is 3. The highest BCUT2D eigenvalue weighted by atomic mass is 35.5. The highest BCUT2D eigenvalue weighted by molar-refractivity contribution is 6.31. The highest BCUT2D eigenvalue weighted by Gasteiger charge is 2.29. The van der Waals surface area contributed by atoms with Crippen LogP contribution in [0.5, 0.6) is 0 Å². The van der Waals surface area contributed by atoms with Gasteiger partial charge in [0.05, 0.1) is 23.4 Å². The van der Waals surface area contributed by atoms with E-state index < -0.39 is 11.9 Å². The summed E-state index contributed by atoms with van der Waals surface area (Å²) in [5, 5.41) is 14.7. The zero-order valence-corrected chi connectivity index (χ0v) is 15.0. The van der Waals surface area contributed by atoms with Gasteiger partial charge in [0.2, 0.25) is 0 Å². The Hall–Kier alpha value is -2.25. The number of hydrogen-bond donors (Lipinski definition) is 3. The number of hydrogen-bond acceptors (Lipinski definition) is 5. The minimum atomic E-state index is -0.546. The maximum Gasteiger partial charge on any atom is 0.183 e. The van der Waals surface area contributed by atoms with Crippen LogP contribution in [-0.2, 0) is 0 Å². The van der Waals surface area contributed by atoms with E-state index in [-0.39, 0.29) is 17.8 Å². The van der Waals surface area contributed by atoms with Gasteiger partial charge in [-0.15, -0.1) is 0 Å². The normalized spacial score (nSPS) is 23.3. The van der Waals surface area contributed by atoms with Crippen LogP contribution >= 0.6 is 11.6 Å². The molecule has 0 bridgehead atoms. The van der Waals surface area contributed by atoms with Crippen molar-refractivity contribution in [3.05, 3.63) is 35.5 Å². The molecule has 1 saturated carbocycles. The molecule has 26 heavy (non-hydrogen) atoms. The number of anilines is 1. The molecule has 0 saturated heterocycles. The van der Waals surface area contributed by atoms with Crippen molar-refractivity contribution in [2.24, 2.45) is 5.92 Å². The van der Waals surface area contributed by atoms with E-state index in [1.165, 1.54) is 0 Å². The summed E-state index contributed by atoms with van der Waals surface area (Å²) in [5.41, 5.74) is 1.35. The number of H-pyrrole nitrogens is 1. The molecule has 4 rings (SSSR count). The van der Waals surface area contributed by atoms with Gasteiger partial charge in [0.15, 0.2) is 17.5 Å². The van der Waals surface area contributed by atoms with Crippen molar-refractivity contribution in [2.45, 2.75) is 38.3 Å². The van der Waals surface area contributed by atoms with Crippen LogP contribution in [0.1, 0.15) is 26.2 Å². The second kappa shape index (κ2) is 6.81. The summed E-state index contributed by atoms with van der Waals surface area (Å²) in [6, 6.07) is 1.54. The van der Waals surface area contributed by atoms with Gasteiger partial charge in [0.1, 0.15) is 5.65 Å². The topological polar surface area (TPSA) is 86.7 Å². The molecule has 8 heteroatoms. The van der Waals surface area contributed by atoms with E-state index in [0.717, 1.165) is 30.8 Å². The van der Waals surface area contributed by atoms with E-state index in [9.17, 15) is 9.50 Å². The lowest BCUT2D eigenvalue weighted by atomic mass is 9.84. The number of pyridine rings is 1. The van der Waals surface area contributed by atoms with Crippen molar-refractivity contribution in [3.8, 4) is 11.4 Å². The summed E-state index contributed by atoms with van der Waals surface area (Å²) in [4.78, 5) is 15.7. The third-order valence-corrected chi connectivity index (χ3v) is 5.18. The van der Waals surface area contributed by atoms with Gasteiger partial charge in [-0.05, 0) is 24.8 Å². The zero-order valence-electron chi connectivity index (χ0n) is 14.2. The van der Waals surface area contributed by atoms with Crippen LogP contribution in [0.4, 0.5) is 10.2 Å². The van der Waals surface area contributed by atoms with Gasteiger partial charge < -0.3 is 15.4 Å². The summed E-state index contributed by atoms with van der Waals surface area (Å²) in [6.45, 7) is 2.00. The van der Waals surface area contributed by atoms with Crippen molar-refractivity contribution in [1.29, 1.82) is 0 Å². The number of nitrogens with zero attached hydrogens (tertiary/aromatic N) is 3. The second-order valence-electron chi connectivity index (χ2n) is 6.79. The molecule has 3 heterocycles. The fourth-order valence-electron chi connectivity index (χ4n) is 3.49. The summed E-state index contributed by atoms with van der Waals surface area (Å²) >= 11 is 6.03. The van der Waals surface area contributed by atoms with Gasteiger partial charge in [-0.25, -0.2) is 19.3 Å². The smallest absolute Gasteiger partial charge is 0.183 e. The molecule has 3 aromatic heterocycles. The first-order valence-electron chi connectivity index (χ1n) is 8.63. The summed E-state index contributed by atoms with van der Waals surface area (Å²) < 4.78 is 14.3. The molecule has 0 amide bonds. The quantitative estimate of drug-likeness (QED) is 0.648. The Balaban J connectivity index is 1.68. The molecule has 0 aromatic carbocycles. The number of halogens is 2. The average molecular weight is 376 g/mol. The van der Waals surface area contributed by atoms with Gasteiger partial charge in [-0.2, -0.15) is 0 Å². The molecule has 1 aliphatic rings. The number of nitrogens with one attached hydrogen (secondary N) is 2. The Morgan fingerprint density at radius 2 is 2.15 bits per heavy atom. The Kier molecular flexibility index (Phi) is 4.50. The highest BCUT2D eigenvalue weighted by Crippen LogP contribution is 2.30. The molecule has 1 aliphatic carbocycles. The van der Waals surface area contributed by atoms with Crippen LogP contribution in [0.3, 0.4) is 0 Å². The average Bonchev–Trinajstić information content (AvgIpc) is 3.04. The molecule has 0 spiro atoms. The Morgan fingerprint density at radius 1 is 1.31 bits per heavy atom. The predicted molar refractivity (Wildman–Crippen MR) is 98.5 cm³/mol. The van der Waals surface area contributed by atoms with Gasteiger partial charge in [-0.3, -0.25) is 0 Å². The standard InChI is InChI=1S/C18H19ClFN5O/c1-9-3-2-4-14(15(9)26)24-18-13(20)8-23-17(25-18)12-7-22-16-11(12)5-10(19)6-21-16/h5-9,14-15,26H,2-4H2,1H3,(H,21,22)(H,23,24,25). The maximum absolute atomic E-state index is 14.3. The van der Waals surface area contributed by atoms with Crippen molar-refractivity contribution < 1.29 is 9.50 Å². The van der Waals surface area contributed by atoms with E-state index in [2.05, 4.69) is 25.3 Å². The maximum atomic E-state index is 14.3. The van der Waals surface area contributed by atoms with E-state index >= 15 is 0 Å². The first-order valence-corrected chi connectivity index (χ1v) is 9.01. The minimum absolute atomic E-state index is 0.0949. The third-order valence-electron chi connectivity index (χ3n) is 4.97. The Morgan fingerprint density at radius 3 is 3.00 bits per heavy atom. The van der Waals surface area contributed by atoms with Crippen LogP contribution in [-0.4, -0.2) is 37.2 Å². The van der Waals surface area contributed by atoms with Gasteiger partial charge in [0, 0.05) is 23.3 Å². The molecule has 136 valence electrons. The monoisotopic (exact) mass is 375 g/mol. The van der Waals surface area contributed by atoms with Crippen LogP contribution in [0.25, 0.3) is 22.4 Å². The minimum Gasteiger partial charge on any atom is -0.391 e. The van der Waals surface area contributed by atoms with E-state index in [0.29, 0.717) is 22.1 Å².